The maximum atomic E-state index is 13.6. The molecule has 0 aromatic heterocycles. The van der Waals surface area contributed by atoms with Crippen molar-refractivity contribution in [2.75, 3.05) is 7.11 Å². The van der Waals surface area contributed by atoms with Crippen LogP contribution in [0.5, 0.6) is 11.5 Å². The van der Waals surface area contributed by atoms with Crippen LogP contribution in [0.1, 0.15) is 24.1 Å². The minimum atomic E-state index is -0.218. The second-order valence-corrected chi connectivity index (χ2v) is 4.63. The fourth-order valence-corrected chi connectivity index (χ4v) is 2.05. The molecule has 0 radical (unpaired) electrons. The van der Waals surface area contributed by atoms with Crippen molar-refractivity contribution < 1.29 is 14.2 Å². The molecule has 0 aliphatic heterocycles. The van der Waals surface area contributed by atoms with Crippen molar-refractivity contribution in [2.45, 2.75) is 19.5 Å². The molecule has 2 aromatic carbocycles. The van der Waals surface area contributed by atoms with Gasteiger partial charge in [-0.3, -0.25) is 0 Å². The zero-order valence-electron chi connectivity index (χ0n) is 12.0. The van der Waals surface area contributed by atoms with Gasteiger partial charge in [0.2, 0.25) is 0 Å². The zero-order chi connectivity index (χ0) is 14.5. The summed E-state index contributed by atoms with van der Waals surface area (Å²) < 4.78 is 18.6. The van der Waals surface area contributed by atoms with Crippen molar-refractivity contribution in [1.29, 1.82) is 0 Å². The lowest BCUT2D eigenvalue weighted by atomic mass is 10.1. The summed E-state index contributed by atoms with van der Waals surface area (Å²) in [5, 5.41) is 12.9. The van der Waals surface area contributed by atoms with Gasteiger partial charge < -0.3 is 15.2 Å². The van der Waals surface area contributed by atoms with E-state index in [-0.39, 0.29) is 30.0 Å². The number of methoxy groups -OCH3 is 1. The van der Waals surface area contributed by atoms with E-state index in [1.165, 1.54) is 13.2 Å². The second-order valence-electron chi connectivity index (χ2n) is 4.63. The molecule has 2 aromatic rings. The van der Waals surface area contributed by atoms with Gasteiger partial charge in [-0.2, -0.15) is 0 Å². The summed E-state index contributed by atoms with van der Waals surface area (Å²) in [5.41, 5.74) is 1.54. The quantitative estimate of drug-likeness (QED) is 0.882. The van der Waals surface area contributed by atoms with E-state index >= 15 is 0 Å². The first-order valence-electron chi connectivity index (χ1n) is 6.45. The lowest BCUT2D eigenvalue weighted by molar-refractivity contribution is 0.373. The minimum absolute atomic E-state index is 0. The van der Waals surface area contributed by atoms with Crippen molar-refractivity contribution in [3.05, 3.63) is 59.4 Å². The van der Waals surface area contributed by atoms with E-state index in [9.17, 15) is 9.50 Å². The van der Waals surface area contributed by atoms with Crippen LogP contribution in [0.25, 0.3) is 0 Å². The van der Waals surface area contributed by atoms with Gasteiger partial charge in [-0.05, 0) is 30.7 Å². The van der Waals surface area contributed by atoms with Crippen LogP contribution in [0.15, 0.2) is 42.5 Å². The topological polar surface area (TPSA) is 41.5 Å². The first kappa shape index (κ1) is 17.3. The number of phenols is 1. The van der Waals surface area contributed by atoms with E-state index < -0.39 is 0 Å². The molecule has 0 bridgehead atoms. The maximum Gasteiger partial charge on any atom is 0.160 e. The average molecular weight is 312 g/mol. The Balaban J connectivity index is 0.00000220. The number of nitrogens with one attached hydrogen (secondary N) is 1. The molecule has 21 heavy (non-hydrogen) atoms. The number of hydrogen-bond donors (Lipinski definition) is 2. The monoisotopic (exact) mass is 311 g/mol. The summed E-state index contributed by atoms with van der Waals surface area (Å²) in [6.45, 7) is 2.44. The molecule has 2 rings (SSSR count). The van der Waals surface area contributed by atoms with Gasteiger partial charge in [0, 0.05) is 18.2 Å². The van der Waals surface area contributed by atoms with Gasteiger partial charge in [-0.15, -0.1) is 12.4 Å². The molecule has 2 N–H and O–H groups in total. The van der Waals surface area contributed by atoms with Gasteiger partial charge in [-0.1, -0.05) is 24.3 Å². The molecule has 114 valence electrons. The lowest BCUT2D eigenvalue weighted by Gasteiger charge is -2.15. The van der Waals surface area contributed by atoms with Gasteiger partial charge in [0.25, 0.3) is 0 Å². The summed E-state index contributed by atoms with van der Waals surface area (Å²) in [6.07, 6.45) is 0. The molecule has 0 aliphatic carbocycles. The Bertz CT molecular complexity index is 592. The van der Waals surface area contributed by atoms with Crippen LogP contribution >= 0.6 is 12.4 Å². The lowest BCUT2D eigenvalue weighted by Crippen LogP contribution is -2.19. The Labute approximate surface area is 130 Å². The van der Waals surface area contributed by atoms with Crippen LogP contribution in [0.2, 0.25) is 0 Å². The van der Waals surface area contributed by atoms with Crippen molar-refractivity contribution in [2.24, 2.45) is 0 Å². The van der Waals surface area contributed by atoms with E-state index in [4.69, 9.17) is 4.74 Å². The fraction of sp³-hybridized carbons (Fsp3) is 0.250. The Morgan fingerprint density at radius 1 is 1.24 bits per heavy atom. The fourth-order valence-electron chi connectivity index (χ4n) is 2.05. The largest absolute Gasteiger partial charge is 0.504 e. The second kappa shape index (κ2) is 7.86. The van der Waals surface area contributed by atoms with Gasteiger partial charge in [-0.25, -0.2) is 4.39 Å². The molecule has 1 unspecified atom stereocenters. The molecule has 1 atom stereocenters. The zero-order valence-corrected chi connectivity index (χ0v) is 12.8. The van der Waals surface area contributed by atoms with Crippen molar-refractivity contribution in [3.8, 4) is 11.5 Å². The normalized spacial score (nSPS) is 11.6. The standard InChI is InChI=1S/C16H18FNO2.ClH/c1-11(13-5-3-4-6-14(13)17)18-10-12-7-8-16(20-2)15(19)9-12;/h3-9,11,18-19H,10H2,1-2H3;1H. The molecule has 0 amide bonds. The Morgan fingerprint density at radius 3 is 2.57 bits per heavy atom. The highest BCUT2D eigenvalue weighted by atomic mass is 35.5. The number of phenolic OH excluding ortho intramolecular Hbond substituents is 1. The van der Waals surface area contributed by atoms with Crippen molar-refractivity contribution in [3.63, 3.8) is 0 Å². The minimum Gasteiger partial charge on any atom is -0.504 e. The van der Waals surface area contributed by atoms with Gasteiger partial charge >= 0.3 is 0 Å². The maximum absolute atomic E-state index is 13.6. The van der Waals surface area contributed by atoms with Crippen LogP contribution in [-0.2, 0) is 6.54 Å². The first-order chi connectivity index (χ1) is 9.61. The number of benzene rings is 2. The Kier molecular flexibility index (Phi) is 6.46. The molecular weight excluding hydrogens is 293 g/mol. The van der Waals surface area contributed by atoms with Crippen LogP contribution in [0, 0.1) is 5.82 Å². The highest BCUT2D eigenvalue weighted by molar-refractivity contribution is 5.85. The highest BCUT2D eigenvalue weighted by Gasteiger charge is 2.10. The van der Waals surface area contributed by atoms with E-state index in [1.54, 1.807) is 24.3 Å². The third kappa shape index (κ3) is 4.34. The van der Waals surface area contributed by atoms with Crippen LogP contribution in [0.4, 0.5) is 4.39 Å². The van der Waals surface area contributed by atoms with E-state index in [0.29, 0.717) is 17.9 Å². The number of halogens is 2. The molecule has 0 aliphatic rings. The Morgan fingerprint density at radius 2 is 1.95 bits per heavy atom. The number of rotatable bonds is 5. The molecule has 0 spiro atoms. The summed E-state index contributed by atoms with van der Waals surface area (Å²) >= 11 is 0. The molecular formula is C16H19ClFNO2. The van der Waals surface area contributed by atoms with Gasteiger partial charge in [0.05, 0.1) is 7.11 Å². The first-order valence-corrected chi connectivity index (χ1v) is 6.45. The SMILES string of the molecule is COc1ccc(CNC(C)c2ccccc2F)cc1O.Cl. The van der Waals surface area contributed by atoms with Gasteiger partial charge in [0.1, 0.15) is 5.82 Å². The predicted molar refractivity (Wildman–Crippen MR) is 83.6 cm³/mol. The van der Waals surface area contributed by atoms with E-state index in [2.05, 4.69) is 5.32 Å². The molecule has 0 saturated heterocycles. The third-order valence-electron chi connectivity index (χ3n) is 3.23. The summed E-state index contributed by atoms with van der Waals surface area (Å²) in [5.74, 6) is 0.325. The molecule has 0 heterocycles. The smallest absolute Gasteiger partial charge is 0.160 e. The molecule has 0 saturated carbocycles. The molecule has 3 nitrogen and oxygen atoms in total. The highest BCUT2D eigenvalue weighted by Crippen LogP contribution is 2.26. The summed E-state index contributed by atoms with van der Waals surface area (Å²) in [4.78, 5) is 0. The summed E-state index contributed by atoms with van der Waals surface area (Å²) in [6, 6.07) is 11.8. The van der Waals surface area contributed by atoms with Crippen LogP contribution < -0.4 is 10.1 Å². The average Bonchev–Trinajstić information content (AvgIpc) is 2.45. The van der Waals surface area contributed by atoms with Crippen LogP contribution in [0.3, 0.4) is 0 Å². The van der Waals surface area contributed by atoms with Crippen molar-refractivity contribution in [1.82, 2.24) is 5.32 Å². The number of hydrogen-bond acceptors (Lipinski definition) is 3. The molecule has 5 heteroatoms. The third-order valence-corrected chi connectivity index (χ3v) is 3.23. The van der Waals surface area contributed by atoms with Gasteiger partial charge in [0.15, 0.2) is 11.5 Å². The van der Waals surface area contributed by atoms with E-state index in [0.717, 1.165) is 5.56 Å². The van der Waals surface area contributed by atoms with Crippen molar-refractivity contribution >= 4 is 12.4 Å². The van der Waals surface area contributed by atoms with E-state index in [1.807, 2.05) is 19.1 Å². The predicted octanol–water partition coefficient (Wildman–Crippen LogP) is 3.81. The summed E-state index contributed by atoms with van der Waals surface area (Å²) in [7, 11) is 1.51. The number of aromatic hydroxyl groups is 1. The molecule has 0 fully saturated rings. The van der Waals surface area contributed by atoms with Crippen LogP contribution in [-0.4, -0.2) is 12.2 Å². The number of ether oxygens (including phenoxy) is 1. The Hall–Kier alpha value is -1.78.